The van der Waals surface area contributed by atoms with Gasteiger partial charge in [0.1, 0.15) is 23.7 Å². The largest absolute Gasteiger partial charge is 0.453 e. The van der Waals surface area contributed by atoms with Gasteiger partial charge >= 0.3 is 12.2 Å². The van der Waals surface area contributed by atoms with E-state index in [1.807, 2.05) is 24.9 Å². The highest BCUT2D eigenvalue weighted by molar-refractivity contribution is 7.98. The summed E-state index contributed by atoms with van der Waals surface area (Å²) in [5.41, 5.74) is 9.82. The number of ether oxygens (including phenoxy) is 2. The molecule has 0 spiro atoms. The van der Waals surface area contributed by atoms with Crippen LogP contribution in [0.1, 0.15) is 151 Å². The summed E-state index contributed by atoms with van der Waals surface area (Å²) >= 11 is 3.33. The average Bonchev–Trinajstić information content (AvgIpc) is 4.27. The zero-order chi connectivity index (χ0) is 51.3. The third-order valence-corrected chi connectivity index (χ3v) is 18.9. The van der Waals surface area contributed by atoms with Gasteiger partial charge in [-0.2, -0.15) is 23.5 Å². The van der Waals surface area contributed by atoms with Crippen LogP contribution in [0.2, 0.25) is 0 Å². The quantitative estimate of drug-likeness (QED) is 0.115. The van der Waals surface area contributed by atoms with Gasteiger partial charge in [-0.1, -0.05) is 79.8 Å². The number of amides is 4. The third-order valence-electron chi connectivity index (χ3n) is 17.6. The van der Waals surface area contributed by atoms with Gasteiger partial charge in [0.25, 0.3) is 0 Å². The summed E-state index contributed by atoms with van der Waals surface area (Å²) in [5.74, 6) is 4.70. The van der Waals surface area contributed by atoms with Crippen LogP contribution in [0.25, 0.3) is 22.4 Å². The zero-order valence-electron chi connectivity index (χ0n) is 43.7. The fraction of sp³-hybridized carbons (Fsp3) is 0.586. The van der Waals surface area contributed by atoms with E-state index >= 15 is 0 Å². The number of hydrogen-bond acceptors (Lipinski definition) is 10. The molecule has 8 aliphatic carbocycles. The Kier molecular flexibility index (Phi) is 16.8. The molecule has 4 bridgehead atoms. The molecule has 4 unspecified atom stereocenters. The lowest BCUT2D eigenvalue weighted by molar-refractivity contribution is -0.138. The summed E-state index contributed by atoms with van der Waals surface area (Å²) < 4.78 is 9.90. The minimum atomic E-state index is -0.652. The van der Waals surface area contributed by atoms with Crippen LogP contribution in [0.4, 0.5) is 9.59 Å². The maximum atomic E-state index is 14.5. The molecule has 2 aromatic heterocycles. The molecule has 13 rings (SSSR count). The van der Waals surface area contributed by atoms with Crippen LogP contribution in [-0.2, 0) is 19.1 Å². The number of methoxy groups -OCH3 is 2. The molecular weight excluding hydrogens is 969 g/mol. The van der Waals surface area contributed by atoms with Crippen molar-refractivity contribution in [3.05, 3.63) is 95.0 Å². The lowest BCUT2D eigenvalue weighted by atomic mass is 9.76. The Morgan fingerprint density at radius 2 is 1.27 bits per heavy atom. The minimum absolute atomic E-state index is 0.0290. The van der Waals surface area contributed by atoms with Crippen molar-refractivity contribution >= 4 is 58.7 Å². The Morgan fingerprint density at radius 3 is 1.85 bits per heavy atom. The molecule has 2 saturated carbocycles. The van der Waals surface area contributed by atoms with E-state index in [0.717, 1.165) is 130 Å². The van der Waals surface area contributed by atoms with E-state index < -0.39 is 24.3 Å². The first-order valence-electron chi connectivity index (χ1n) is 27.5. The molecule has 0 radical (unpaired) electrons. The van der Waals surface area contributed by atoms with Gasteiger partial charge in [0.05, 0.1) is 50.1 Å². The van der Waals surface area contributed by atoms with Crippen LogP contribution in [0.15, 0.2) is 72.1 Å². The number of carbonyl (C=O) groups excluding carboxylic acids is 4. The molecule has 10 atom stereocenters. The number of fused-ring (bicyclic) bond motifs is 2. The number of aromatic nitrogens is 4. The summed E-state index contributed by atoms with van der Waals surface area (Å²) in [7, 11) is 2.69. The molecule has 4 amide bonds. The molecule has 4 heterocycles. The second-order valence-corrected chi connectivity index (χ2v) is 23.8. The number of carbonyl (C=O) groups is 4. The average molecular weight is 1050 g/mol. The van der Waals surface area contributed by atoms with Crippen LogP contribution in [-0.4, -0.2) is 116 Å². The van der Waals surface area contributed by atoms with Crippen LogP contribution in [0.5, 0.6) is 0 Å². The monoisotopic (exact) mass is 1040 g/mol. The molecule has 3 aromatic rings. The fourth-order valence-corrected chi connectivity index (χ4v) is 14.7. The van der Waals surface area contributed by atoms with Gasteiger partial charge < -0.3 is 39.9 Å². The Balaban J connectivity index is 0.849. The van der Waals surface area contributed by atoms with Crippen molar-refractivity contribution in [3.63, 3.8) is 0 Å². The maximum absolute atomic E-state index is 14.5. The highest BCUT2D eigenvalue weighted by Crippen LogP contribution is 2.49. The molecule has 2 aliphatic heterocycles. The number of alkyl carbamates (subject to hydrolysis) is 2. The SMILES string of the molecule is COC(=O)N[C@@H](CCSC)C(=O)N1C2CCCCC2C[C@H]1c1ncc(C2=CC3=CC[C@@H]2CC[C@@H]2C=CC(=C(c4ccc(-c5cnc([C@@H]6CC7CCCCC7N6C(=O)[C@H](CCSC)NC(=O)OC)[nH]5)cc4)C2)CC3)[nH]1. The van der Waals surface area contributed by atoms with Crippen molar-refractivity contribution in [2.75, 3.05) is 38.2 Å². The molecule has 4 N–H and O–H groups in total. The summed E-state index contributed by atoms with van der Waals surface area (Å²) in [6.07, 6.45) is 34.1. The van der Waals surface area contributed by atoms with E-state index in [2.05, 4.69) is 79.0 Å². The second-order valence-electron chi connectivity index (χ2n) is 21.8. The van der Waals surface area contributed by atoms with E-state index in [-0.39, 0.29) is 36.0 Å². The highest BCUT2D eigenvalue weighted by Gasteiger charge is 2.49. The smallest absolute Gasteiger partial charge is 0.407 e. The van der Waals surface area contributed by atoms with E-state index in [1.54, 1.807) is 23.5 Å². The molecule has 10 aliphatic rings. The van der Waals surface area contributed by atoms with Crippen molar-refractivity contribution in [1.29, 1.82) is 0 Å². The summed E-state index contributed by atoms with van der Waals surface area (Å²) in [5, 5.41) is 5.72. The van der Waals surface area contributed by atoms with Gasteiger partial charge in [0, 0.05) is 12.1 Å². The molecular formula is C58H76N8O6S2. The number of allylic oxidation sites excluding steroid dienone is 8. The third kappa shape index (κ3) is 11.2. The number of rotatable bonds is 15. The van der Waals surface area contributed by atoms with Crippen molar-refractivity contribution < 1.29 is 28.7 Å². The van der Waals surface area contributed by atoms with Gasteiger partial charge in [-0.3, -0.25) is 9.59 Å². The predicted molar refractivity (Wildman–Crippen MR) is 294 cm³/mol. The summed E-state index contributed by atoms with van der Waals surface area (Å²) in [6.45, 7) is 0. The lowest BCUT2D eigenvalue weighted by Crippen LogP contribution is -2.52. The summed E-state index contributed by atoms with van der Waals surface area (Å²) in [6, 6.07) is 7.59. The first kappa shape index (κ1) is 52.2. The number of imidazole rings is 2. The van der Waals surface area contributed by atoms with Crippen LogP contribution < -0.4 is 10.6 Å². The second kappa shape index (κ2) is 23.8. The summed E-state index contributed by atoms with van der Waals surface area (Å²) in [4.78, 5) is 75.5. The zero-order valence-corrected chi connectivity index (χ0v) is 45.4. The minimum Gasteiger partial charge on any atom is -0.453 e. The Hall–Kier alpha value is -5.22. The lowest BCUT2D eigenvalue weighted by Gasteiger charge is -2.36. The number of H-pyrrole nitrogens is 2. The molecule has 4 fully saturated rings. The van der Waals surface area contributed by atoms with Crippen LogP contribution in [0.3, 0.4) is 0 Å². The number of nitrogens with one attached hydrogen (secondary N) is 4. The van der Waals surface area contributed by atoms with Crippen molar-refractivity contribution in [2.24, 2.45) is 23.7 Å². The van der Waals surface area contributed by atoms with Crippen LogP contribution in [0, 0.1) is 23.7 Å². The number of nitrogens with zero attached hydrogens (tertiary/aromatic N) is 4. The Morgan fingerprint density at radius 1 is 0.716 bits per heavy atom. The first-order valence-corrected chi connectivity index (χ1v) is 30.3. The Bertz CT molecular complexity index is 2640. The maximum Gasteiger partial charge on any atom is 0.407 e. The predicted octanol–water partition coefficient (Wildman–Crippen LogP) is 11.4. The van der Waals surface area contributed by atoms with Gasteiger partial charge in [-0.05, 0) is 165 Å². The van der Waals surface area contributed by atoms with Gasteiger partial charge in [-0.15, -0.1) is 0 Å². The van der Waals surface area contributed by atoms with Crippen molar-refractivity contribution in [2.45, 2.75) is 152 Å². The van der Waals surface area contributed by atoms with Crippen molar-refractivity contribution in [1.82, 2.24) is 40.4 Å². The van der Waals surface area contributed by atoms with E-state index in [0.29, 0.717) is 36.5 Å². The Labute approximate surface area is 445 Å². The fourth-order valence-electron chi connectivity index (χ4n) is 13.7. The normalized spacial score (nSPS) is 27.3. The van der Waals surface area contributed by atoms with Gasteiger partial charge in [0.2, 0.25) is 11.8 Å². The van der Waals surface area contributed by atoms with E-state index in [1.165, 1.54) is 54.9 Å². The molecule has 74 heavy (non-hydrogen) atoms. The molecule has 2 saturated heterocycles. The topological polar surface area (TPSA) is 175 Å². The van der Waals surface area contributed by atoms with E-state index in [4.69, 9.17) is 19.4 Å². The number of thioether (sulfide) groups is 2. The van der Waals surface area contributed by atoms with Gasteiger partial charge in [0.15, 0.2) is 0 Å². The van der Waals surface area contributed by atoms with Crippen molar-refractivity contribution in [3.8, 4) is 11.3 Å². The van der Waals surface area contributed by atoms with E-state index in [9.17, 15) is 19.2 Å². The van der Waals surface area contributed by atoms with Crippen LogP contribution >= 0.6 is 23.5 Å². The number of benzene rings is 1. The number of aromatic amines is 2. The number of hydrogen-bond donors (Lipinski definition) is 4. The molecule has 1 aromatic carbocycles. The first-order chi connectivity index (χ1) is 36.1. The molecule has 14 nitrogen and oxygen atoms in total. The van der Waals surface area contributed by atoms with Gasteiger partial charge in [-0.25, -0.2) is 19.6 Å². The number of likely N-dealkylation sites (tertiary alicyclic amines) is 2. The molecule has 396 valence electrons. The molecule has 16 heteroatoms. The standard InChI is InChI=1S/C58H76N8O6S2/c1-71-57(69)63-45(25-27-73-3)55(67)65-49-11-7-5-9-41(49)31-51(65)53-59-33-47(61-53)40-23-21-38(22-24-40)43-29-35-13-17-37(43)18-14-36-16-20-39(19-15-35)44(30-36)48-34-60-54(62-48)52-32-42-10-6-8-12-50(42)66(52)56(68)46(26-28-74-4)64-58(70)72-2/h13,16-17,21-24,30,33-35,39,41-42,45-46,49-52H,5-12,14-15,18-20,25-29,31-32H2,1-4H3,(H,59,61)(H,60,62)(H,63,69)(H,64,70)/t35-,39-,41?,42?,45-,46-,49?,50?,51-,52-/m0/s1. The highest BCUT2D eigenvalue weighted by atomic mass is 32.2.